The van der Waals surface area contributed by atoms with Gasteiger partial charge in [0.2, 0.25) is 5.88 Å². The summed E-state index contributed by atoms with van der Waals surface area (Å²) in [5.41, 5.74) is 0. The number of aliphatic hydroxyl groups is 1. The quantitative estimate of drug-likeness (QED) is 0.819. The number of anilines is 1. The van der Waals surface area contributed by atoms with Crippen molar-refractivity contribution in [1.29, 1.82) is 0 Å². The minimum Gasteiger partial charge on any atom is -0.488 e. The standard InChI is InChI=1S/C20H24ClN3O4/c1-26-19-9-18(22-20(23-19)27-2)24-10-12-6-16(25)17(7-13(12)11-24)28-15-5-3-4-14(21)8-15/h3-5,8-9,12-13,16-17,25H,6-7,10-11H2,1-2H3/t12-,13+,16+,17+/m0/s1. The summed E-state index contributed by atoms with van der Waals surface area (Å²) in [4.78, 5) is 10.8. The Balaban J connectivity index is 1.47. The zero-order valence-corrected chi connectivity index (χ0v) is 16.7. The number of aliphatic hydroxyl groups excluding tert-OH is 1. The number of rotatable bonds is 5. The highest BCUT2D eigenvalue weighted by Crippen LogP contribution is 2.40. The smallest absolute Gasteiger partial charge is 0.321 e. The Kier molecular flexibility index (Phi) is 5.46. The van der Waals surface area contributed by atoms with Crippen LogP contribution in [0.5, 0.6) is 17.6 Å². The molecule has 1 saturated heterocycles. The monoisotopic (exact) mass is 405 g/mol. The molecule has 2 aromatic rings. The Hall–Kier alpha value is -2.25. The van der Waals surface area contributed by atoms with Crippen molar-refractivity contribution in [3.8, 4) is 17.6 Å². The molecule has 0 amide bonds. The van der Waals surface area contributed by atoms with Crippen molar-refractivity contribution in [2.24, 2.45) is 11.8 Å². The normalized spacial score (nSPS) is 26.6. The molecule has 0 unspecified atom stereocenters. The molecule has 0 bridgehead atoms. The van der Waals surface area contributed by atoms with E-state index < -0.39 is 6.10 Å². The second-order valence-electron chi connectivity index (χ2n) is 7.33. The minimum absolute atomic E-state index is 0.242. The molecule has 1 aliphatic heterocycles. The number of methoxy groups -OCH3 is 2. The fourth-order valence-electron chi connectivity index (χ4n) is 4.17. The maximum Gasteiger partial charge on any atom is 0.321 e. The van der Waals surface area contributed by atoms with Crippen LogP contribution in [-0.2, 0) is 0 Å². The van der Waals surface area contributed by atoms with Crippen molar-refractivity contribution in [3.05, 3.63) is 35.4 Å². The number of fused-ring (bicyclic) bond motifs is 1. The maximum atomic E-state index is 10.6. The molecule has 2 fully saturated rings. The molecule has 1 saturated carbocycles. The van der Waals surface area contributed by atoms with E-state index in [2.05, 4.69) is 14.9 Å². The summed E-state index contributed by atoms with van der Waals surface area (Å²) in [6.45, 7) is 1.67. The second kappa shape index (κ2) is 8.01. The number of ether oxygens (including phenoxy) is 3. The van der Waals surface area contributed by atoms with E-state index in [9.17, 15) is 5.11 Å². The number of benzene rings is 1. The van der Waals surface area contributed by atoms with Crippen LogP contribution in [0.4, 0.5) is 5.82 Å². The van der Waals surface area contributed by atoms with Crippen molar-refractivity contribution >= 4 is 17.4 Å². The fourth-order valence-corrected chi connectivity index (χ4v) is 4.35. The predicted molar refractivity (Wildman–Crippen MR) is 105 cm³/mol. The van der Waals surface area contributed by atoms with Crippen LogP contribution >= 0.6 is 11.6 Å². The van der Waals surface area contributed by atoms with Gasteiger partial charge in [0.25, 0.3) is 0 Å². The summed E-state index contributed by atoms with van der Waals surface area (Å²) in [5, 5.41) is 11.3. The van der Waals surface area contributed by atoms with Gasteiger partial charge in [-0.25, -0.2) is 0 Å². The molecule has 150 valence electrons. The third-order valence-corrected chi connectivity index (χ3v) is 5.79. The Morgan fingerprint density at radius 1 is 1.07 bits per heavy atom. The number of aromatic nitrogens is 2. The number of halogens is 1. The van der Waals surface area contributed by atoms with Gasteiger partial charge in [-0.1, -0.05) is 17.7 Å². The van der Waals surface area contributed by atoms with E-state index in [-0.39, 0.29) is 12.1 Å². The summed E-state index contributed by atoms with van der Waals surface area (Å²) in [6, 6.07) is 9.40. The van der Waals surface area contributed by atoms with Gasteiger partial charge >= 0.3 is 6.01 Å². The second-order valence-corrected chi connectivity index (χ2v) is 7.77. The largest absolute Gasteiger partial charge is 0.488 e. The number of hydrogen-bond donors (Lipinski definition) is 1. The summed E-state index contributed by atoms with van der Waals surface area (Å²) >= 11 is 6.04. The Labute approximate surface area is 169 Å². The van der Waals surface area contributed by atoms with Gasteiger partial charge in [-0.05, 0) is 42.9 Å². The van der Waals surface area contributed by atoms with Crippen LogP contribution in [0.2, 0.25) is 5.02 Å². The molecule has 8 heteroatoms. The lowest BCUT2D eigenvalue weighted by Crippen LogP contribution is -2.42. The maximum absolute atomic E-state index is 10.6. The lowest BCUT2D eigenvalue weighted by molar-refractivity contribution is -0.0231. The van der Waals surface area contributed by atoms with E-state index in [1.807, 2.05) is 18.2 Å². The van der Waals surface area contributed by atoms with Crippen LogP contribution in [0.3, 0.4) is 0 Å². The van der Waals surface area contributed by atoms with Gasteiger partial charge in [0, 0.05) is 24.2 Å². The molecule has 1 aromatic heterocycles. The molecule has 0 spiro atoms. The topological polar surface area (TPSA) is 76.9 Å². The van der Waals surface area contributed by atoms with Gasteiger partial charge in [-0.3, -0.25) is 0 Å². The first-order valence-corrected chi connectivity index (χ1v) is 9.76. The average Bonchev–Trinajstić information content (AvgIpc) is 3.10. The molecular formula is C20H24ClN3O4. The molecule has 4 rings (SSSR count). The van der Waals surface area contributed by atoms with Crippen LogP contribution in [0, 0.1) is 11.8 Å². The van der Waals surface area contributed by atoms with E-state index in [4.69, 9.17) is 25.8 Å². The lowest BCUT2D eigenvalue weighted by Gasteiger charge is -2.35. The average molecular weight is 406 g/mol. The third-order valence-electron chi connectivity index (χ3n) is 5.55. The highest BCUT2D eigenvalue weighted by Gasteiger charge is 2.43. The molecule has 28 heavy (non-hydrogen) atoms. The first kappa shape index (κ1) is 19.1. The van der Waals surface area contributed by atoms with Crippen molar-refractivity contribution < 1.29 is 19.3 Å². The van der Waals surface area contributed by atoms with E-state index in [1.54, 1.807) is 19.2 Å². The zero-order valence-electron chi connectivity index (χ0n) is 15.9. The van der Waals surface area contributed by atoms with E-state index in [0.717, 1.165) is 25.3 Å². The van der Waals surface area contributed by atoms with Gasteiger partial charge in [0.1, 0.15) is 17.7 Å². The van der Waals surface area contributed by atoms with Crippen LogP contribution in [0.1, 0.15) is 12.8 Å². The van der Waals surface area contributed by atoms with Crippen LogP contribution in [-0.4, -0.2) is 54.6 Å². The van der Waals surface area contributed by atoms with Gasteiger partial charge < -0.3 is 24.2 Å². The molecule has 4 atom stereocenters. The SMILES string of the molecule is COc1cc(N2C[C@H]3C[C@@H](Oc4cccc(Cl)c4)[C@H](O)C[C@H]3C2)nc(OC)n1. The summed E-state index contributed by atoms with van der Waals surface area (Å²) in [6.07, 6.45) is 0.740. The van der Waals surface area contributed by atoms with Crippen LogP contribution < -0.4 is 19.1 Å². The van der Waals surface area contributed by atoms with Gasteiger partial charge in [0.05, 0.1) is 20.3 Å². The lowest BCUT2D eigenvalue weighted by atomic mass is 9.78. The van der Waals surface area contributed by atoms with Crippen LogP contribution in [0.15, 0.2) is 30.3 Å². The Morgan fingerprint density at radius 2 is 1.86 bits per heavy atom. The third kappa shape index (κ3) is 3.95. The zero-order chi connectivity index (χ0) is 19.7. The first-order valence-electron chi connectivity index (χ1n) is 9.38. The summed E-state index contributed by atoms with van der Waals surface area (Å²) in [5.74, 6) is 2.75. The van der Waals surface area contributed by atoms with Gasteiger partial charge in [0.15, 0.2) is 0 Å². The molecule has 2 heterocycles. The van der Waals surface area contributed by atoms with Crippen molar-refractivity contribution in [2.75, 3.05) is 32.2 Å². The Morgan fingerprint density at radius 3 is 2.57 bits per heavy atom. The predicted octanol–water partition coefficient (Wildman–Crippen LogP) is 2.80. The number of nitrogens with zero attached hydrogens (tertiary/aromatic N) is 3. The molecule has 1 aromatic carbocycles. The van der Waals surface area contributed by atoms with Crippen molar-refractivity contribution in [1.82, 2.24) is 9.97 Å². The van der Waals surface area contributed by atoms with E-state index in [0.29, 0.717) is 34.9 Å². The molecule has 1 N–H and O–H groups in total. The Bertz CT molecular complexity index is 815. The van der Waals surface area contributed by atoms with E-state index in [1.165, 1.54) is 7.11 Å². The van der Waals surface area contributed by atoms with Crippen molar-refractivity contribution in [2.45, 2.75) is 25.0 Å². The van der Waals surface area contributed by atoms with Gasteiger partial charge in [-0.15, -0.1) is 0 Å². The first-order chi connectivity index (χ1) is 13.6. The minimum atomic E-state index is -0.505. The molecule has 1 aliphatic carbocycles. The highest BCUT2D eigenvalue weighted by molar-refractivity contribution is 6.30. The van der Waals surface area contributed by atoms with Crippen molar-refractivity contribution in [3.63, 3.8) is 0 Å². The highest BCUT2D eigenvalue weighted by atomic mass is 35.5. The molecular weight excluding hydrogens is 382 g/mol. The molecule has 2 aliphatic rings. The molecule has 7 nitrogen and oxygen atoms in total. The van der Waals surface area contributed by atoms with Crippen LogP contribution in [0.25, 0.3) is 0 Å². The number of hydrogen-bond acceptors (Lipinski definition) is 7. The summed E-state index contributed by atoms with van der Waals surface area (Å²) in [7, 11) is 3.11. The fraction of sp³-hybridized carbons (Fsp3) is 0.500. The van der Waals surface area contributed by atoms with Gasteiger partial charge in [-0.2, -0.15) is 9.97 Å². The van der Waals surface area contributed by atoms with E-state index >= 15 is 0 Å². The molecule has 0 radical (unpaired) electrons. The summed E-state index contributed by atoms with van der Waals surface area (Å²) < 4.78 is 16.5.